The molecule has 7 nitrogen and oxygen atoms in total. The summed E-state index contributed by atoms with van der Waals surface area (Å²) >= 11 is 4.78. The number of hydrogen-bond acceptors (Lipinski definition) is 5. The van der Waals surface area contributed by atoms with Crippen molar-refractivity contribution >= 4 is 66.5 Å². The van der Waals surface area contributed by atoms with Gasteiger partial charge in [-0.15, -0.1) is 11.3 Å². The van der Waals surface area contributed by atoms with Crippen LogP contribution in [0.4, 0.5) is 5.69 Å². The molecule has 130 valence electrons. The van der Waals surface area contributed by atoms with Gasteiger partial charge in [-0.25, -0.2) is 8.42 Å². The highest BCUT2D eigenvalue weighted by atomic mass is 79.9. The zero-order chi connectivity index (χ0) is 18.2. The average molecular weight is 443 g/mol. The first-order valence-corrected chi connectivity index (χ1v) is 10.00. The molecular weight excluding hydrogens is 432 g/mol. The van der Waals surface area contributed by atoms with Crippen LogP contribution in [-0.4, -0.2) is 31.9 Å². The Balaban J connectivity index is 2.00. The molecule has 1 aromatic heterocycles. The number of thiophene rings is 1. The summed E-state index contributed by atoms with van der Waals surface area (Å²) in [4.78, 5) is 23.5. The summed E-state index contributed by atoms with van der Waals surface area (Å²) in [7, 11) is -3.99. The minimum Gasteiger partial charge on any atom is -0.480 e. The van der Waals surface area contributed by atoms with Crippen LogP contribution in [0, 0.1) is 0 Å². The van der Waals surface area contributed by atoms with Crippen molar-refractivity contribution in [3.63, 3.8) is 0 Å². The molecule has 1 aromatic carbocycles. The number of carbonyl (C=O) groups is 2. The topological polar surface area (TPSA) is 113 Å². The lowest BCUT2D eigenvalue weighted by molar-refractivity contribution is -0.135. The van der Waals surface area contributed by atoms with E-state index in [0.717, 1.165) is 8.66 Å². The lowest BCUT2D eigenvalue weighted by atomic mass is 10.1. The van der Waals surface area contributed by atoms with Crippen LogP contribution >= 0.6 is 27.3 Å². The maximum absolute atomic E-state index is 12.2. The Hall–Kier alpha value is -2.01. The number of benzene rings is 1. The Morgan fingerprint density at radius 1 is 1.32 bits per heavy atom. The standard InChI is InChI=1S/C15H11BrN2O5S2/c16-13-4-1-8(24-13)5-11-10-6-9(2-3-12(10)18-15(11)21)25(22,23)17-7-14(19)20/h1-6,17H,7H2,(H,18,21)(H,19,20)/b11-5+. The summed E-state index contributed by atoms with van der Waals surface area (Å²) in [5, 5.41) is 11.3. The summed E-state index contributed by atoms with van der Waals surface area (Å²) in [5.41, 5.74) is 1.30. The molecule has 0 atom stereocenters. The lowest BCUT2D eigenvalue weighted by Gasteiger charge is -2.06. The molecule has 0 saturated carbocycles. The number of sulfonamides is 1. The highest BCUT2D eigenvalue weighted by molar-refractivity contribution is 9.11. The maximum Gasteiger partial charge on any atom is 0.318 e. The van der Waals surface area contributed by atoms with Crippen molar-refractivity contribution in [1.82, 2.24) is 4.72 Å². The summed E-state index contributed by atoms with van der Waals surface area (Å²) in [6.07, 6.45) is 1.68. The molecule has 1 aliphatic rings. The van der Waals surface area contributed by atoms with E-state index in [1.54, 1.807) is 6.08 Å². The molecule has 0 saturated heterocycles. The van der Waals surface area contributed by atoms with E-state index >= 15 is 0 Å². The molecule has 0 bridgehead atoms. The van der Waals surface area contributed by atoms with Gasteiger partial charge in [0, 0.05) is 16.1 Å². The molecule has 2 heterocycles. The Labute approximate surface area is 155 Å². The van der Waals surface area contributed by atoms with Crippen molar-refractivity contribution < 1.29 is 23.1 Å². The number of fused-ring (bicyclic) bond motifs is 1. The van der Waals surface area contributed by atoms with Crippen molar-refractivity contribution in [2.75, 3.05) is 11.9 Å². The van der Waals surface area contributed by atoms with Gasteiger partial charge < -0.3 is 10.4 Å². The van der Waals surface area contributed by atoms with Gasteiger partial charge >= 0.3 is 5.97 Å². The van der Waals surface area contributed by atoms with Crippen molar-refractivity contribution in [2.24, 2.45) is 0 Å². The summed E-state index contributed by atoms with van der Waals surface area (Å²) in [6, 6.07) is 7.83. The van der Waals surface area contributed by atoms with Gasteiger partial charge in [-0.05, 0) is 52.3 Å². The molecule has 0 fully saturated rings. The highest BCUT2D eigenvalue weighted by Gasteiger charge is 2.27. The third kappa shape index (κ3) is 3.82. The van der Waals surface area contributed by atoms with Gasteiger partial charge in [0.25, 0.3) is 5.91 Å². The van der Waals surface area contributed by atoms with E-state index < -0.39 is 22.5 Å². The van der Waals surface area contributed by atoms with Crippen LogP contribution in [-0.2, 0) is 19.6 Å². The zero-order valence-electron chi connectivity index (χ0n) is 12.4. The second kappa shape index (κ2) is 6.71. The van der Waals surface area contributed by atoms with Gasteiger partial charge in [0.05, 0.1) is 14.3 Å². The first kappa shape index (κ1) is 17.8. The largest absolute Gasteiger partial charge is 0.480 e. The van der Waals surface area contributed by atoms with Crippen LogP contribution in [0.5, 0.6) is 0 Å². The molecule has 0 aliphatic carbocycles. The fourth-order valence-electron chi connectivity index (χ4n) is 2.27. The molecule has 1 amide bonds. The molecule has 10 heteroatoms. The molecule has 0 radical (unpaired) electrons. The van der Waals surface area contributed by atoms with Crippen LogP contribution in [0.1, 0.15) is 10.4 Å². The van der Waals surface area contributed by atoms with Crippen LogP contribution in [0.2, 0.25) is 0 Å². The third-order valence-electron chi connectivity index (χ3n) is 3.38. The highest BCUT2D eigenvalue weighted by Crippen LogP contribution is 2.36. The van der Waals surface area contributed by atoms with Gasteiger partial charge in [0.1, 0.15) is 6.54 Å². The lowest BCUT2D eigenvalue weighted by Crippen LogP contribution is -2.29. The predicted molar refractivity (Wildman–Crippen MR) is 97.8 cm³/mol. The molecule has 2 aromatic rings. The van der Waals surface area contributed by atoms with E-state index in [1.807, 2.05) is 16.9 Å². The van der Waals surface area contributed by atoms with Crippen LogP contribution in [0.25, 0.3) is 11.6 Å². The maximum atomic E-state index is 12.2. The van der Waals surface area contributed by atoms with Gasteiger partial charge in [-0.2, -0.15) is 4.72 Å². The Morgan fingerprint density at radius 3 is 2.72 bits per heavy atom. The number of aliphatic carboxylic acids is 1. The SMILES string of the molecule is O=C(O)CNS(=O)(=O)c1ccc2c(c1)/C(=C\c1ccc(Br)s1)C(=O)N2. The average Bonchev–Trinajstić information content (AvgIpc) is 3.09. The number of anilines is 1. The molecule has 1 aliphatic heterocycles. The summed E-state index contributed by atoms with van der Waals surface area (Å²) in [5.74, 6) is -1.61. The number of carbonyl (C=O) groups excluding carboxylic acids is 1. The normalized spacial score (nSPS) is 15.2. The Morgan fingerprint density at radius 2 is 2.08 bits per heavy atom. The minimum atomic E-state index is -3.99. The smallest absolute Gasteiger partial charge is 0.318 e. The molecule has 3 N–H and O–H groups in total. The van der Waals surface area contributed by atoms with E-state index in [0.29, 0.717) is 16.8 Å². The molecule has 0 unspecified atom stereocenters. The van der Waals surface area contributed by atoms with E-state index in [9.17, 15) is 18.0 Å². The monoisotopic (exact) mass is 442 g/mol. The second-order valence-corrected chi connectivity index (χ2v) is 9.34. The van der Waals surface area contributed by atoms with E-state index in [-0.39, 0.29) is 10.8 Å². The van der Waals surface area contributed by atoms with Crippen molar-refractivity contribution in [3.8, 4) is 0 Å². The van der Waals surface area contributed by atoms with Gasteiger partial charge in [0.2, 0.25) is 10.0 Å². The summed E-state index contributed by atoms with van der Waals surface area (Å²) < 4.78 is 27.3. The first-order valence-electron chi connectivity index (χ1n) is 6.90. The van der Waals surface area contributed by atoms with E-state index in [4.69, 9.17) is 5.11 Å². The molecular formula is C15H11BrN2O5S2. The third-order valence-corrected chi connectivity index (χ3v) is 6.35. The number of rotatable bonds is 5. The summed E-state index contributed by atoms with van der Waals surface area (Å²) in [6.45, 7) is -0.720. The zero-order valence-corrected chi connectivity index (χ0v) is 15.7. The van der Waals surface area contributed by atoms with Crippen LogP contribution in [0.15, 0.2) is 39.0 Å². The fraction of sp³-hybridized carbons (Fsp3) is 0.0667. The number of carboxylic acid groups (broad SMARTS) is 1. The quantitative estimate of drug-likeness (QED) is 0.615. The number of carboxylic acids is 1. The Kier molecular flexibility index (Phi) is 4.78. The fourth-order valence-corrected chi connectivity index (χ4v) is 4.63. The van der Waals surface area contributed by atoms with Crippen molar-refractivity contribution in [3.05, 3.63) is 44.6 Å². The van der Waals surface area contributed by atoms with E-state index in [1.165, 1.54) is 29.5 Å². The van der Waals surface area contributed by atoms with Gasteiger partial charge in [-0.3, -0.25) is 9.59 Å². The Bertz CT molecular complexity index is 1010. The first-order chi connectivity index (χ1) is 11.8. The van der Waals surface area contributed by atoms with Crippen molar-refractivity contribution in [2.45, 2.75) is 4.90 Å². The van der Waals surface area contributed by atoms with Crippen LogP contribution < -0.4 is 10.0 Å². The molecule has 0 spiro atoms. The molecule has 25 heavy (non-hydrogen) atoms. The molecule has 3 rings (SSSR count). The number of amides is 1. The number of halogens is 1. The minimum absolute atomic E-state index is 0.109. The number of nitrogens with one attached hydrogen (secondary N) is 2. The second-order valence-electron chi connectivity index (χ2n) is 5.08. The van der Waals surface area contributed by atoms with Crippen molar-refractivity contribution in [1.29, 1.82) is 0 Å². The van der Waals surface area contributed by atoms with Gasteiger partial charge in [0.15, 0.2) is 0 Å². The number of hydrogen-bond donors (Lipinski definition) is 3. The van der Waals surface area contributed by atoms with Crippen LogP contribution in [0.3, 0.4) is 0 Å². The predicted octanol–water partition coefficient (Wildman–Crippen LogP) is 2.37. The van der Waals surface area contributed by atoms with Gasteiger partial charge in [-0.1, -0.05) is 0 Å². The van der Waals surface area contributed by atoms with E-state index in [2.05, 4.69) is 21.2 Å².